The Labute approximate surface area is 165 Å². The van der Waals surface area contributed by atoms with Crippen molar-refractivity contribution >= 4 is 27.7 Å². The Morgan fingerprint density at radius 2 is 2.15 bits per heavy atom. The molecule has 0 saturated heterocycles. The third-order valence-electron chi connectivity index (χ3n) is 3.61. The van der Waals surface area contributed by atoms with Crippen LogP contribution in [0.4, 0.5) is 11.8 Å². The predicted octanol–water partition coefficient (Wildman–Crippen LogP) is 4.35. The number of nitrogens with two attached hydrogens (primary N) is 1. The highest BCUT2D eigenvalue weighted by molar-refractivity contribution is 9.10. The maximum Gasteiger partial charge on any atom is 0.222 e. The Kier molecular flexibility index (Phi) is 5.62. The van der Waals surface area contributed by atoms with Gasteiger partial charge in [0.25, 0.3) is 0 Å². The number of ether oxygens (including phenoxy) is 1. The lowest BCUT2D eigenvalue weighted by Crippen LogP contribution is -2.09. The van der Waals surface area contributed by atoms with E-state index in [0.29, 0.717) is 23.8 Å². The number of nitrogens with one attached hydrogen (secondary N) is 1. The van der Waals surface area contributed by atoms with Gasteiger partial charge in [-0.05, 0) is 59.6 Å². The van der Waals surface area contributed by atoms with Crippen LogP contribution >= 0.6 is 15.9 Å². The Bertz CT molecular complexity index is 981. The number of hydrogen-bond donors (Lipinski definition) is 2. The summed E-state index contributed by atoms with van der Waals surface area (Å²) < 4.78 is 11.9. The first-order chi connectivity index (χ1) is 13.0. The Hall–Kier alpha value is -3.05. The summed E-state index contributed by atoms with van der Waals surface area (Å²) in [5, 5.41) is 12.7. The van der Waals surface area contributed by atoms with E-state index >= 15 is 0 Å². The lowest BCUT2D eigenvalue weighted by atomic mass is 10.1. The van der Waals surface area contributed by atoms with Crippen LogP contribution in [-0.2, 0) is 6.54 Å². The number of aromatic nitrogens is 2. The Morgan fingerprint density at radius 3 is 2.78 bits per heavy atom. The number of nitrogen functional groups attached to an aromatic ring is 1. The van der Waals surface area contributed by atoms with Crippen molar-refractivity contribution in [1.82, 2.24) is 9.97 Å². The second kappa shape index (κ2) is 8.10. The summed E-state index contributed by atoms with van der Waals surface area (Å²) in [5.74, 6) is 1.65. The highest BCUT2D eigenvalue weighted by Crippen LogP contribution is 2.29. The predicted molar refractivity (Wildman–Crippen MR) is 106 cm³/mol. The van der Waals surface area contributed by atoms with E-state index in [0.717, 1.165) is 15.8 Å². The van der Waals surface area contributed by atoms with E-state index in [1.807, 2.05) is 32.0 Å². The normalized spacial score (nSPS) is 10.6. The molecule has 2 heterocycles. The SMILES string of the molecule is CC(C)Oc1ccc(CNc2nc(N)nc(-c3ccco3)c2C#N)cc1Br. The van der Waals surface area contributed by atoms with Crippen molar-refractivity contribution in [3.8, 4) is 23.3 Å². The fourth-order valence-corrected chi connectivity index (χ4v) is 3.01. The van der Waals surface area contributed by atoms with E-state index in [-0.39, 0.29) is 17.6 Å². The fourth-order valence-electron chi connectivity index (χ4n) is 2.49. The minimum absolute atomic E-state index is 0.0600. The van der Waals surface area contributed by atoms with Crippen LogP contribution in [0.1, 0.15) is 25.0 Å². The number of benzene rings is 1. The summed E-state index contributed by atoms with van der Waals surface area (Å²) in [6.45, 7) is 4.40. The summed E-state index contributed by atoms with van der Waals surface area (Å²) in [7, 11) is 0. The van der Waals surface area contributed by atoms with Gasteiger partial charge < -0.3 is 20.2 Å². The van der Waals surface area contributed by atoms with Crippen LogP contribution in [0.5, 0.6) is 5.75 Å². The molecule has 138 valence electrons. The molecule has 0 saturated carbocycles. The number of halogens is 1. The quantitative estimate of drug-likeness (QED) is 0.601. The summed E-state index contributed by atoms with van der Waals surface area (Å²) in [4.78, 5) is 8.31. The van der Waals surface area contributed by atoms with Crippen molar-refractivity contribution in [2.45, 2.75) is 26.5 Å². The van der Waals surface area contributed by atoms with E-state index in [2.05, 4.69) is 37.3 Å². The Balaban J connectivity index is 1.84. The number of rotatable bonds is 6. The number of anilines is 2. The molecule has 0 atom stereocenters. The van der Waals surface area contributed by atoms with Crippen LogP contribution in [0.3, 0.4) is 0 Å². The summed E-state index contributed by atoms with van der Waals surface area (Å²) in [6, 6.07) is 11.4. The molecule has 0 bridgehead atoms. The monoisotopic (exact) mass is 427 g/mol. The summed E-state index contributed by atoms with van der Waals surface area (Å²) in [6.07, 6.45) is 1.60. The molecule has 0 fully saturated rings. The molecule has 0 aliphatic heterocycles. The van der Waals surface area contributed by atoms with Gasteiger partial charge in [-0.25, -0.2) is 4.98 Å². The summed E-state index contributed by atoms with van der Waals surface area (Å²) in [5.41, 5.74) is 7.43. The standard InChI is InChI=1S/C19H18BrN5O2/c1-11(2)27-15-6-5-12(8-14(15)20)10-23-18-13(9-21)17(24-19(22)25-18)16-4-3-7-26-16/h3-8,11H,10H2,1-2H3,(H3,22,23,24,25). The lowest BCUT2D eigenvalue weighted by molar-refractivity contribution is 0.241. The third kappa shape index (κ3) is 4.38. The molecule has 8 heteroatoms. The van der Waals surface area contributed by atoms with Gasteiger partial charge in [-0.15, -0.1) is 0 Å². The zero-order valence-electron chi connectivity index (χ0n) is 14.9. The summed E-state index contributed by atoms with van der Waals surface area (Å²) >= 11 is 3.52. The molecule has 3 rings (SSSR count). The van der Waals surface area contributed by atoms with Crippen molar-refractivity contribution in [1.29, 1.82) is 5.26 Å². The minimum Gasteiger partial charge on any atom is -0.490 e. The van der Waals surface area contributed by atoms with Gasteiger partial charge >= 0.3 is 0 Å². The maximum atomic E-state index is 9.57. The average molecular weight is 428 g/mol. The van der Waals surface area contributed by atoms with Crippen molar-refractivity contribution in [2.24, 2.45) is 0 Å². The van der Waals surface area contributed by atoms with Crippen LogP contribution in [0.25, 0.3) is 11.5 Å². The molecule has 0 radical (unpaired) electrons. The van der Waals surface area contributed by atoms with Crippen LogP contribution in [-0.4, -0.2) is 16.1 Å². The van der Waals surface area contributed by atoms with Crippen molar-refractivity contribution in [2.75, 3.05) is 11.1 Å². The number of hydrogen-bond acceptors (Lipinski definition) is 7. The molecular formula is C19H18BrN5O2. The molecule has 0 spiro atoms. The Morgan fingerprint density at radius 1 is 1.33 bits per heavy atom. The zero-order valence-corrected chi connectivity index (χ0v) is 16.4. The molecule has 0 aliphatic rings. The molecule has 0 amide bonds. The highest BCUT2D eigenvalue weighted by atomic mass is 79.9. The van der Waals surface area contributed by atoms with E-state index in [4.69, 9.17) is 14.9 Å². The van der Waals surface area contributed by atoms with Crippen molar-refractivity contribution in [3.63, 3.8) is 0 Å². The maximum absolute atomic E-state index is 9.57. The van der Waals surface area contributed by atoms with Crippen LogP contribution in [0.2, 0.25) is 0 Å². The molecule has 27 heavy (non-hydrogen) atoms. The smallest absolute Gasteiger partial charge is 0.222 e. The van der Waals surface area contributed by atoms with Gasteiger partial charge in [-0.3, -0.25) is 0 Å². The first-order valence-corrected chi connectivity index (χ1v) is 9.07. The lowest BCUT2D eigenvalue weighted by Gasteiger charge is -2.13. The molecular weight excluding hydrogens is 410 g/mol. The third-order valence-corrected chi connectivity index (χ3v) is 4.23. The number of furan rings is 1. The second-order valence-corrected chi connectivity index (χ2v) is 6.88. The number of nitrogens with zero attached hydrogens (tertiary/aromatic N) is 3. The van der Waals surface area contributed by atoms with E-state index in [9.17, 15) is 5.26 Å². The average Bonchev–Trinajstić information content (AvgIpc) is 3.15. The highest BCUT2D eigenvalue weighted by Gasteiger charge is 2.17. The van der Waals surface area contributed by atoms with Gasteiger partial charge in [0.15, 0.2) is 11.6 Å². The fraction of sp³-hybridized carbons (Fsp3) is 0.211. The van der Waals surface area contributed by atoms with E-state index in [1.54, 1.807) is 12.1 Å². The van der Waals surface area contributed by atoms with Gasteiger partial charge in [0.05, 0.1) is 16.8 Å². The minimum atomic E-state index is 0.0600. The zero-order chi connectivity index (χ0) is 19.4. The van der Waals surface area contributed by atoms with Gasteiger partial charge in [0.1, 0.15) is 23.1 Å². The van der Waals surface area contributed by atoms with Crippen LogP contribution in [0.15, 0.2) is 45.5 Å². The van der Waals surface area contributed by atoms with E-state index < -0.39 is 0 Å². The molecule has 7 nitrogen and oxygen atoms in total. The second-order valence-electron chi connectivity index (χ2n) is 6.03. The molecule has 3 aromatic rings. The molecule has 0 aliphatic carbocycles. The molecule has 0 unspecified atom stereocenters. The van der Waals surface area contributed by atoms with Crippen molar-refractivity contribution < 1.29 is 9.15 Å². The van der Waals surface area contributed by atoms with E-state index in [1.165, 1.54) is 6.26 Å². The first kappa shape index (κ1) is 18.7. The number of nitriles is 1. The van der Waals surface area contributed by atoms with Gasteiger partial charge in [0.2, 0.25) is 5.95 Å². The topological polar surface area (TPSA) is 110 Å². The van der Waals surface area contributed by atoms with Crippen molar-refractivity contribution in [3.05, 3.63) is 52.2 Å². The van der Waals surface area contributed by atoms with Gasteiger partial charge in [-0.2, -0.15) is 10.2 Å². The molecule has 1 aromatic carbocycles. The van der Waals surface area contributed by atoms with Gasteiger partial charge in [-0.1, -0.05) is 6.07 Å². The largest absolute Gasteiger partial charge is 0.490 e. The molecule has 2 aromatic heterocycles. The van der Waals surface area contributed by atoms with Gasteiger partial charge in [0, 0.05) is 6.54 Å². The van der Waals surface area contributed by atoms with Crippen LogP contribution < -0.4 is 15.8 Å². The van der Waals surface area contributed by atoms with Crippen LogP contribution in [0, 0.1) is 11.3 Å². The first-order valence-electron chi connectivity index (χ1n) is 8.28. The molecule has 3 N–H and O–H groups in total.